The van der Waals surface area contributed by atoms with Crippen LogP contribution in [0.3, 0.4) is 0 Å². The van der Waals surface area contributed by atoms with Gasteiger partial charge in [0.2, 0.25) is 11.8 Å². The van der Waals surface area contributed by atoms with Crippen molar-refractivity contribution in [3.63, 3.8) is 0 Å². The summed E-state index contributed by atoms with van der Waals surface area (Å²) in [6, 6.07) is 12.4. The van der Waals surface area contributed by atoms with Crippen molar-refractivity contribution in [2.75, 3.05) is 11.9 Å². The number of nitrogens with zero attached hydrogens (tertiary/aromatic N) is 1. The van der Waals surface area contributed by atoms with Crippen molar-refractivity contribution in [3.05, 3.63) is 65.2 Å². The van der Waals surface area contributed by atoms with E-state index in [2.05, 4.69) is 10.6 Å². The normalized spacial score (nSPS) is 12.7. The highest BCUT2D eigenvalue weighted by atomic mass is 16.6. The number of primary amides is 1. The minimum Gasteiger partial charge on any atom is -0.444 e. The summed E-state index contributed by atoms with van der Waals surface area (Å²) < 4.78 is 5.32. The molecule has 0 aliphatic carbocycles. The van der Waals surface area contributed by atoms with E-state index in [1.54, 1.807) is 45.0 Å². The van der Waals surface area contributed by atoms with Crippen molar-refractivity contribution in [2.24, 2.45) is 5.73 Å². The Morgan fingerprint density at radius 2 is 1.56 bits per heavy atom. The third-order valence-electron chi connectivity index (χ3n) is 6.08. The first kappa shape index (κ1) is 31.3. The highest BCUT2D eigenvalue weighted by molar-refractivity contribution is 6.00. The Hall–Kier alpha value is -3.88. The van der Waals surface area contributed by atoms with Gasteiger partial charge in [-0.15, -0.1) is 0 Å². The topological polar surface area (TPSA) is 131 Å². The fourth-order valence-electron chi connectivity index (χ4n) is 4.26. The minimum atomic E-state index is -1.31. The first-order valence-corrected chi connectivity index (χ1v) is 13.3. The van der Waals surface area contributed by atoms with Crippen LogP contribution in [0.2, 0.25) is 0 Å². The van der Waals surface area contributed by atoms with Crippen molar-refractivity contribution < 1.29 is 23.9 Å². The van der Waals surface area contributed by atoms with E-state index in [4.69, 9.17) is 10.5 Å². The van der Waals surface area contributed by atoms with Crippen LogP contribution in [0.25, 0.3) is 0 Å². The Morgan fingerprint density at radius 1 is 0.949 bits per heavy atom. The molecule has 2 aromatic rings. The quantitative estimate of drug-likeness (QED) is 0.335. The number of carbonyl (C=O) groups is 4. The van der Waals surface area contributed by atoms with Gasteiger partial charge in [0.25, 0.3) is 5.91 Å². The lowest BCUT2D eigenvalue weighted by Gasteiger charge is -2.34. The zero-order valence-electron chi connectivity index (χ0n) is 23.9. The largest absolute Gasteiger partial charge is 0.444 e. The number of anilines is 1. The Morgan fingerprint density at radius 3 is 2.10 bits per heavy atom. The Balaban J connectivity index is 2.54. The van der Waals surface area contributed by atoms with Gasteiger partial charge in [0.1, 0.15) is 17.7 Å². The van der Waals surface area contributed by atoms with Crippen LogP contribution in [0.1, 0.15) is 76.1 Å². The number of rotatable bonds is 12. The molecule has 0 fully saturated rings. The lowest BCUT2D eigenvalue weighted by atomic mass is 10.0. The fraction of sp³-hybridized carbons (Fsp3) is 0.467. The van der Waals surface area contributed by atoms with E-state index in [1.807, 2.05) is 45.0 Å². The molecule has 212 valence electrons. The van der Waals surface area contributed by atoms with E-state index in [-0.39, 0.29) is 6.54 Å². The molecular weight excluding hydrogens is 496 g/mol. The molecule has 39 heavy (non-hydrogen) atoms. The predicted molar refractivity (Wildman–Crippen MR) is 152 cm³/mol. The molecule has 0 bridgehead atoms. The standard InChI is InChI=1S/C30H42N4O5/c1-7-8-12-18-34(28(37)23(19-24(31)35)32-29(38)39-30(4,5)6)26(22-16-10-9-11-17-22)27(36)33-25-20(2)14-13-15-21(25)3/h9-11,13-17,23,26H,7-8,12,18-19H2,1-6H3,(H2,31,35)(H,32,38)(H,33,36). The summed E-state index contributed by atoms with van der Waals surface area (Å²) in [6.45, 7) is 11.1. The molecule has 2 rings (SSSR count). The fourth-order valence-corrected chi connectivity index (χ4v) is 4.26. The van der Waals surface area contributed by atoms with Crippen molar-refractivity contribution >= 4 is 29.5 Å². The zero-order chi connectivity index (χ0) is 29.2. The molecule has 0 aliphatic heterocycles. The van der Waals surface area contributed by atoms with Crippen LogP contribution in [0.4, 0.5) is 10.5 Å². The molecule has 4 N–H and O–H groups in total. The number of nitrogens with one attached hydrogen (secondary N) is 2. The molecule has 2 unspecified atom stereocenters. The molecular formula is C30H42N4O5. The van der Waals surface area contributed by atoms with Crippen LogP contribution in [0.15, 0.2) is 48.5 Å². The van der Waals surface area contributed by atoms with E-state index in [0.29, 0.717) is 17.7 Å². The number of ether oxygens (including phenoxy) is 1. The number of hydrogen-bond acceptors (Lipinski definition) is 5. The summed E-state index contributed by atoms with van der Waals surface area (Å²) in [5, 5.41) is 5.52. The number of hydrogen-bond donors (Lipinski definition) is 3. The predicted octanol–water partition coefficient (Wildman–Crippen LogP) is 4.77. The number of benzene rings is 2. The van der Waals surface area contributed by atoms with E-state index in [9.17, 15) is 19.2 Å². The lowest BCUT2D eigenvalue weighted by molar-refractivity contribution is -0.142. The van der Waals surface area contributed by atoms with Crippen LogP contribution < -0.4 is 16.4 Å². The third-order valence-corrected chi connectivity index (χ3v) is 6.08. The van der Waals surface area contributed by atoms with Gasteiger partial charge in [0.15, 0.2) is 0 Å². The van der Waals surface area contributed by atoms with Crippen LogP contribution >= 0.6 is 0 Å². The van der Waals surface area contributed by atoms with Crippen molar-refractivity contribution in [1.82, 2.24) is 10.2 Å². The number of aryl methyl sites for hydroxylation is 2. The first-order valence-electron chi connectivity index (χ1n) is 13.3. The van der Waals surface area contributed by atoms with Crippen molar-refractivity contribution in [2.45, 2.75) is 84.9 Å². The molecule has 0 aliphatic rings. The molecule has 0 aromatic heterocycles. The number of para-hydroxylation sites is 1. The first-order chi connectivity index (χ1) is 18.3. The van der Waals surface area contributed by atoms with Gasteiger partial charge in [-0.1, -0.05) is 68.3 Å². The summed E-state index contributed by atoms with van der Waals surface area (Å²) in [6.07, 6.45) is 1.05. The maximum atomic E-state index is 14.0. The Bertz CT molecular complexity index is 1120. The van der Waals surface area contributed by atoms with Gasteiger partial charge in [0, 0.05) is 12.2 Å². The number of amides is 4. The summed E-state index contributed by atoms with van der Waals surface area (Å²) in [5.41, 5.74) is 7.68. The second-order valence-corrected chi connectivity index (χ2v) is 10.7. The molecule has 9 heteroatoms. The number of nitrogens with two attached hydrogens (primary N) is 1. The maximum absolute atomic E-state index is 14.0. The van der Waals surface area contributed by atoms with E-state index in [0.717, 1.165) is 24.0 Å². The molecule has 0 saturated carbocycles. The third kappa shape index (κ3) is 9.74. The van der Waals surface area contributed by atoms with Crippen LogP contribution in [0.5, 0.6) is 0 Å². The summed E-state index contributed by atoms with van der Waals surface area (Å²) in [5.74, 6) is -1.77. The van der Waals surface area contributed by atoms with E-state index in [1.165, 1.54) is 4.90 Å². The van der Waals surface area contributed by atoms with Gasteiger partial charge < -0.3 is 26.0 Å². The van der Waals surface area contributed by atoms with Crippen molar-refractivity contribution in [1.29, 1.82) is 0 Å². The molecule has 2 aromatic carbocycles. The summed E-state index contributed by atoms with van der Waals surface area (Å²) >= 11 is 0. The van der Waals surface area contributed by atoms with Gasteiger partial charge in [-0.2, -0.15) is 0 Å². The van der Waals surface area contributed by atoms with E-state index >= 15 is 0 Å². The highest BCUT2D eigenvalue weighted by Gasteiger charge is 2.37. The van der Waals surface area contributed by atoms with Crippen LogP contribution in [0, 0.1) is 13.8 Å². The molecule has 2 atom stereocenters. The van der Waals surface area contributed by atoms with Gasteiger partial charge in [0.05, 0.1) is 6.42 Å². The van der Waals surface area contributed by atoms with Gasteiger partial charge in [-0.3, -0.25) is 14.4 Å². The summed E-state index contributed by atoms with van der Waals surface area (Å²) in [4.78, 5) is 53.9. The average molecular weight is 539 g/mol. The number of carbonyl (C=O) groups excluding carboxylic acids is 4. The smallest absolute Gasteiger partial charge is 0.408 e. The number of alkyl carbamates (subject to hydrolysis) is 1. The van der Waals surface area contributed by atoms with Crippen molar-refractivity contribution in [3.8, 4) is 0 Å². The zero-order valence-corrected chi connectivity index (χ0v) is 23.9. The highest BCUT2D eigenvalue weighted by Crippen LogP contribution is 2.27. The average Bonchev–Trinajstić information content (AvgIpc) is 2.84. The SMILES string of the molecule is CCCCCN(C(=O)C(CC(N)=O)NC(=O)OC(C)(C)C)C(C(=O)Nc1c(C)cccc1C)c1ccccc1. The maximum Gasteiger partial charge on any atom is 0.408 e. The molecule has 9 nitrogen and oxygen atoms in total. The van der Waals surface area contributed by atoms with Gasteiger partial charge >= 0.3 is 6.09 Å². The Labute approximate surface area is 231 Å². The van der Waals surface area contributed by atoms with Crippen LogP contribution in [-0.4, -0.2) is 46.9 Å². The molecule has 0 spiro atoms. The molecule has 0 radical (unpaired) electrons. The minimum absolute atomic E-state index is 0.234. The van der Waals surface area contributed by atoms with Gasteiger partial charge in [-0.05, 0) is 57.7 Å². The lowest BCUT2D eigenvalue weighted by Crippen LogP contribution is -2.53. The second kappa shape index (κ2) is 14.3. The second-order valence-electron chi connectivity index (χ2n) is 10.7. The molecule has 0 heterocycles. The monoisotopic (exact) mass is 538 g/mol. The molecule has 4 amide bonds. The number of unbranched alkanes of at least 4 members (excludes halogenated alkanes) is 2. The van der Waals surface area contributed by atoms with E-state index < -0.39 is 47.9 Å². The summed E-state index contributed by atoms with van der Waals surface area (Å²) in [7, 11) is 0. The molecule has 0 saturated heterocycles. The van der Waals surface area contributed by atoms with Gasteiger partial charge in [-0.25, -0.2) is 4.79 Å². The Kier molecular flexibility index (Phi) is 11.5. The van der Waals surface area contributed by atoms with Crippen LogP contribution in [-0.2, 0) is 19.1 Å².